The lowest BCUT2D eigenvalue weighted by atomic mass is 9.90. The topological polar surface area (TPSA) is 58.6 Å². The predicted octanol–water partition coefficient (Wildman–Crippen LogP) is 1.57. The van der Waals surface area contributed by atoms with Gasteiger partial charge >= 0.3 is 0 Å². The molecule has 1 aromatic rings. The standard InChI is InChI=1S/C15H21NO3/c1-11-3-4-12(2)13(9-11)14(18)16-15(10-17)5-7-19-8-6-15/h3-4,9,17H,5-8,10H2,1-2H3,(H,16,18). The molecule has 4 heteroatoms. The molecule has 2 rings (SSSR count). The van der Waals surface area contributed by atoms with Gasteiger partial charge in [0.05, 0.1) is 12.1 Å². The second-order valence-corrected chi connectivity index (χ2v) is 5.32. The van der Waals surface area contributed by atoms with Crippen molar-refractivity contribution in [2.24, 2.45) is 0 Å². The van der Waals surface area contributed by atoms with Crippen molar-refractivity contribution >= 4 is 5.91 Å². The van der Waals surface area contributed by atoms with E-state index in [0.29, 0.717) is 31.6 Å². The minimum Gasteiger partial charge on any atom is -0.394 e. The molecule has 0 aromatic heterocycles. The summed E-state index contributed by atoms with van der Waals surface area (Å²) in [5.41, 5.74) is 2.15. The Morgan fingerprint density at radius 3 is 2.68 bits per heavy atom. The molecule has 0 aliphatic carbocycles. The van der Waals surface area contributed by atoms with Crippen molar-refractivity contribution in [2.75, 3.05) is 19.8 Å². The number of aliphatic hydroxyl groups is 1. The second kappa shape index (κ2) is 5.72. The fourth-order valence-electron chi connectivity index (χ4n) is 2.37. The van der Waals surface area contributed by atoms with Gasteiger partial charge < -0.3 is 15.2 Å². The number of ether oxygens (including phenoxy) is 1. The molecule has 0 bridgehead atoms. The van der Waals surface area contributed by atoms with Gasteiger partial charge in [-0.25, -0.2) is 0 Å². The maximum absolute atomic E-state index is 12.4. The summed E-state index contributed by atoms with van der Waals surface area (Å²) in [7, 11) is 0. The fraction of sp³-hybridized carbons (Fsp3) is 0.533. The van der Waals surface area contributed by atoms with Crippen LogP contribution in [0.25, 0.3) is 0 Å². The largest absolute Gasteiger partial charge is 0.394 e. The lowest BCUT2D eigenvalue weighted by molar-refractivity contribution is 0.0125. The van der Waals surface area contributed by atoms with Crippen LogP contribution >= 0.6 is 0 Å². The molecule has 19 heavy (non-hydrogen) atoms. The Morgan fingerprint density at radius 2 is 2.05 bits per heavy atom. The van der Waals surface area contributed by atoms with Crippen molar-refractivity contribution in [2.45, 2.75) is 32.2 Å². The Kier molecular flexibility index (Phi) is 4.22. The minimum absolute atomic E-state index is 0.0486. The minimum atomic E-state index is -0.536. The summed E-state index contributed by atoms with van der Waals surface area (Å²) < 4.78 is 5.29. The maximum Gasteiger partial charge on any atom is 0.252 e. The number of amides is 1. The average Bonchev–Trinajstić information content (AvgIpc) is 2.42. The Balaban J connectivity index is 2.17. The quantitative estimate of drug-likeness (QED) is 0.870. The number of aliphatic hydroxyl groups excluding tert-OH is 1. The first-order chi connectivity index (χ1) is 9.06. The second-order valence-electron chi connectivity index (χ2n) is 5.32. The van der Waals surface area contributed by atoms with Gasteiger partial charge in [-0.3, -0.25) is 4.79 Å². The predicted molar refractivity (Wildman–Crippen MR) is 73.3 cm³/mol. The molecule has 0 unspecified atom stereocenters. The van der Waals surface area contributed by atoms with Gasteiger partial charge in [-0.15, -0.1) is 0 Å². The molecule has 0 radical (unpaired) electrons. The van der Waals surface area contributed by atoms with E-state index < -0.39 is 5.54 Å². The van der Waals surface area contributed by atoms with Gasteiger partial charge in [-0.1, -0.05) is 17.7 Å². The number of benzene rings is 1. The highest BCUT2D eigenvalue weighted by atomic mass is 16.5. The molecule has 104 valence electrons. The summed E-state index contributed by atoms with van der Waals surface area (Å²) in [4.78, 5) is 12.4. The van der Waals surface area contributed by atoms with E-state index in [4.69, 9.17) is 4.74 Å². The third kappa shape index (κ3) is 3.14. The molecule has 1 heterocycles. The zero-order valence-corrected chi connectivity index (χ0v) is 11.5. The van der Waals surface area contributed by atoms with Crippen LogP contribution in [0.3, 0.4) is 0 Å². The molecule has 0 saturated carbocycles. The third-order valence-corrected chi connectivity index (χ3v) is 3.77. The van der Waals surface area contributed by atoms with E-state index in [-0.39, 0.29) is 12.5 Å². The van der Waals surface area contributed by atoms with Crippen LogP contribution in [0.2, 0.25) is 0 Å². The first kappa shape index (κ1) is 14.0. The van der Waals surface area contributed by atoms with Crippen LogP contribution in [0.5, 0.6) is 0 Å². The molecule has 2 N–H and O–H groups in total. The van der Waals surface area contributed by atoms with Crippen LogP contribution in [0.15, 0.2) is 18.2 Å². The summed E-state index contributed by atoms with van der Waals surface area (Å²) >= 11 is 0. The molecule has 1 fully saturated rings. The van der Waals surface area contributed by atoms with E-state index in [2.05, 4.69) is 5.32 Å². The van der Waals surface area contributed by atoms with Crippen LogP contribution in [-0.4, -0.2) is 36.4 Å². The molecule has 4 nitrogen and oxygen atoms in total. The molecule has 0 atom stereocenters. The van der Waals surface area contributed by atoms with E-state index in [9.17, 15) is 9.90 Å². The van der Waals surface area contributed by atoms with E-state index in [1.807, 2.05) is 32.0 Å². The van der Waals surface area contributed by atoms with Crippen molar-refractivity contribution in [3.8, 4) is 0 Å². The number of aryl methyl sites for hydroxylation is 2. The van der Waals surface area contributed by atoms with E-state index >= 15 is 0 Å². The number of hydrogen-bond acceptors (Lipinski definition) is 3. The van der Waals surface area contributed by atoms with E-state index in [1.165, 1.54) is 0 Å². The molecular formula is C15H21NO3. The molecule has 1 aromatic carbocycles. The Hall–Kier alpha value is -1.39. The van der Waals surface area contributed by atoms with Crippen molar-refractivity contribution in [1.82, 2.24) is 5.32 Å². The third-order valence-electron chi connectivity index (χ3n) is 3.77. The lowest BCUT2D eigenvalue weighted by Crippen LogP contribution is -2.54. The van der Waals surface area contributed by atoms with Gasteiger partial charge in [0.25, 0.3) is 5.91 Å². The fourth-order valence-corrected chi connectivity index (χ4v) is 2.37. The number of carbonyl (C=O) groups excluding carboxylic acids is 1. The van der Waals surface area contributed by atoms with Crippen molar-refractivity contribution in [1.29, 1.82) is 0 Å². The van der Waals surface area contributed by atoms with Crippen LogP contribution < -0.4 is 5.32 Å². The van der Waals surface area contributed by atoms with Gasteiger partial charge in [0, 0.05) is 18.8 Å². The summed E-state index contributed by atoms with van der Waals surface area (Å²) in [5.74, 6) is -0.114. The summed E-state index contributed by atoms with van der Waals surface area (Å²) in [5, 5.41) is 12.6. The maximum atomic E-state index is 12.4. The first-order valence-corrected chi connectivity index (χ1v) is 6.65. The first-order valence-electron chi connectivity index (χ1n) is 6.65. The van der Waals surface area contributed by atoms with Crippen LogP contribution in [0.4, 0.5) is 0 Å². The van der Waals surface area contributed by atoms with Crippen molar-refractivity contribution in [3.63, 3.8) is 0 Å². The molecule has 1 aliphatic heterocycles. The zero-order valence-electron chi connectivity index (χ0n) is 11.5. The zero-order chi connectivity index (χ0) is 13.9. The van der Waals surface area contributed by atoms with Gasteiger partial charge in [-0.2, -0.15) is 0 Å². The van der Waals surface area contributed by atoms with Crippen LogP contribution in [0, 0.1) is 13.8 Å². The molecular weight excluding hydrogens is 242 g/mol. The smallest absolute Gasteiger partial charge is 0.252 e. The van der Waals surface area contributed by atoms with E-state index in [0.717, 1.165) is 11.1 Å². The Morgan fingerprint density at radius 1 is 1.37 bits per heavy atom. The van der Waals surface area contributed by atoms with Gasteiger partial charge in [0.15, 0.2) is 0 Å². The Bertz CT molecular complexity index is 464. The van der Waals surface area contributed by atoms with Gasteiger partial charge in [-0.05, 0) is 38.3 Å². The normalized spacial score (nSPS) is 18.1. The molecule has 1 amide bonds. The number of nitrogens with one attached hydrogen (secondary N) is 1. The van der Waals surface area contributed by atoms with Crippen molar-refractivity contribution in [3.05, 3.63) is 34.9 Å². The number of carbonyl (C=O) groups is 1. The van der Waals surface area contributed by atoms with Gasteiger partial charge in [0.1, 0.15) is 0 Å². The highest BCUT2D eigenvalue weighted by Gasteiger charge is 2.33. The highest BCUT2D eigenvalue weighted by molar-refractivity contribution is 5.96. The summed E-state index contributed by atoms with van der Waals surface area (Å²) in [6.07, 6.45) is 1.31. The van der Waals surface area contributed by atoms with E-state index in [1.54, 1.807) is 0 Å². The Labute approximate surface area is 113 Å². The van der Waals surface area contributed by atoms with Crippen LogP contribution in [0.1, 0.15) is 34.3 Å². The monoisotopic (exact) mass is 263 g/mol. The summed E-state index contributed by atoms with van der Waals surface area (Å²) in [6, 6.07) is 5.82. The molecule has 1 saturated heterocycles. The highest BCUT2D eigenvalue weighted by Crippen LogP contribution is 2.21. The molecule has 1 aliphatic rings. The number of hydrogen-bond donors (Lipinski definition) is 2. The number of rotatable bonds is 3. The van der Waals surface area contributed by atoms with Gasteiger partial charge in [0.2, 0.25) is 0 Å². The van der Waals surface area contributed by atoms with Crippen molar-refractivity contribution < 1.29 is 14.6 Å². The average molecular weight is 263 g/mol. The summed E-state index contributed by atoms with van der Waals surface area (Å²) in [6.45, 7) is 4.99. The molecule has 0 spiro atoms. The van der Waals surface area contributed by atoms with Crippen LogP contribution in [-0.2, 0) is 4.74 Å². The lowest BCUT2D eigenvalue weighted by Gasteiger charge is -2.36. The SMILES string of the molecule is Cc1ccc(C)c(C(=O)NC2(CO)CCOCC2)c1.